The van der Waals surface area contributed by atoms with Gasteiger partial charge in [0.1, 0.15) is 0 Å². The van der Waals surface area contributed by atoms with Crippen LogP contribution in [0.3, 0.4) is 0 Å². The second-order valence-electron chi connectivity index (χ2n) is 7.93. The summed E-state index contributed by atoms with van der Waals surface area (Å²) in [4.78, 5) is 37.2. The lowest BCUT2D eigenvalue weighted by atomic mass is 9.78. The summed E-state index contributed by atoms with van der Waals surface area (Å²) in [5.74, 6) is -2.15. The summed E-state index contributed by atoms with van der Waals surface area (Å²) in [5.41, 5.74) is 2.86. The minimum absolute atomic E-state index is 0.0570. The van der Waals surface area contributed by atoms with Crippen molar-refractivity contribution in [1.29, 1.82) is 0 Å². The number of ketones is 1. The number of carboxylic acids is 1. The molecule has 1 amide bonds. The van der Waals surface area contributed by atoms with Gasteiger partial charge in [0, 0.05) is 11.6 Å². The molecular formula is C21H23NO6. The molecule has 0 saturated heterocycles. The number of Topliss-reactive ketones (excluding diaryl/α,β-unsaturated/α-hetero) is 1. The highest BCUT2D eigenvalue weighted by Crippen LogP contribution is 2.57. The molecule has 7 heteroatoms. The van der Waals surface area contributed by atoms with Crippen LogP contribution in [-0.4, -0.2) is 29.6 Å². The molecule has 2 saturated carbocycles. The van der Waals surface area contributed by atoms with E-state index >= 15 is 0 Å². The maximum absolute atomic E-state index is 13.2. The molecule has 4 rings (SSSR count). The summed E-state index contributed by atoms with van der Waals surface area (Å²) in [6.45, 7) is 5.42. The molecule has 2 bridgehead atoms. The molecule has 1 aliphatic heterocycles. The van der Waals surface area contributed by atoms with Crippen LogP contribution in [-0.2, 0) is 9.59 Å². The zero-order valence-electron chi connectivity index (χ0n) is 16.1. The lowest BCUT2D eigenvalue weighted by Crippen LogP contribution is -2.38. The van der Waals surface area contributed by atoms with E-state index in [2.05, 4.69) is 5.32 Å². The molecule has 0 unspecified atom stereocenters. The van der Waals surface area contributed by atoms with Crippen molar-refractivity contribution in [3.63, 3.8) is 0 Å². The number of ether oxygens (including phenoxy) is 2. The fraction of sp³-hybridized carbons (Fsp3) is 0.476. The van der Waals surface area contributed by atoms with E-state index in [4.69, 9.17) is 9.47 Å². The SMILES string of the molecule is CC(=O)c1cc2c(cc1NC(=O)[C@H]1[C@@H](C(=O)O)[C@@H]3CC[C@H]1C3=C(C)C)OCO2. The molecule has 0 radical (unpaired) electrons. The van der Waals surface area contributed by atoms with Gasteiger partial charge in [-0.15, -0.1) is 0 Å². The number of hydrogen-bond acceptors (Lipinski definition) is 5. The summed E-state index contributed by atoms with van der Waals surface area (Å²) in [7, 11) is 0. The molecule has 7 nitrogen and oxygen atoms in total. The third-order valence-electron chi connectivity index (χ3n) is 6.16. The van der Waals surface area contributed by atoms with Crippen LogP contribution in [0.4, 0.5) is 5.69 Å². The van der Waals surface area contributed by atoms with E-state index in [1.807, 2.05) is 13.8 Å². The maximum Gasteiger partial charge on any atom is 0.307 e. The van der Waals surface area contributed by atoms with Gasteiger partial charge in [0.25, 0.3) is 0 Å². The first-order valence-electron chi connectivity index (χ1n) is 9.45. The first-order chi connectivity index (χ1) is 13.3. The van der Waals surface area contributed by atoms with Gasteiger partial charge in [-0.2, -0.15) is 0 Å². The summed E-state index contributed by atoms with van der Waals surface area (Å²) < 4.78 is 10.7. The van der Waals surface area contributed by atoms with E-state index in [9.17, 15) is 19.5 Å². The van der Waals surface area contributed by atoms with E-state index in [0.717, 1.165) is 24.0 Å². The fourth-order valence-electron chi connectivity index (χ4n) is 5.16. The van der Waals surface area contributed by atoms with E-state index in [1.54, 1.807) is 12.1 Å². The van der Waals surface area contributed by atoms with E-state index in [0.29, 0.717) is 22.7 Å². The number of benzene rings is 1. The molecule has 1 heterocycles. The van der Waals surface area contributed by atoms with Crippen LogP contribution in [0.25, 0.3) is 0 Å². The van der Waals surface area contributed by atoms with Gasteiger partial charge in [-0.05, 0) is 51.5 Å². The number of rotatable bonds is 4. The van der Waals surface area contributed by atoms with Crippen molar-refractivity contribution < 1.29 is 29.0 Å². The third-order valence-corrected chi connectivity index (χ3v) is 6.16. The summed E-state index contributed by atoms with van der Waals surface area (Å²) in [6.07, 6.45) is 1.61. The van der Waals surface area contributed by atoms with Gasteiger partial charge in [0.2, 0.25) is 12.7 Å². The van der Waals surface area contributed by atoms with Crippen molar-refractivity contribution in [3.8, 4) is 11.5 Å². The molecule has 2 aliphatic carbocycles. The van der Waals surface area contributed by atoms with Crippen LogP contribution in [0.15, 0.2) is 23.3 Å². The van der Waals surface area contributed by atoms with Gasteiger partial charge in [0.15, 0.2) is 17.3 Å². The van der Waals surface area contributed by atoms with Crippen molar-refractivity contribution in [2.45, 2.75) is 33.6 Å². The quantitative estimate of drug-likeness (QED) is 0.609. The van der Waals surface area contributed by atoms with E-state index in [1.165, 1.54) is 6.92 Å². The number of hydrogen-bond donors (Lipinski definition) is 2. The van der Waals surface area contributed by atoms with Crippen LogP contribution < -0.4 is 14.8 Å². The minimum Gasteiger partial charge on any atom is -0.481 e. The first kappa shape index (κ1) is 18.5. The second-order valence-corrected chi connectivity index (χ2v) is 7.93. The molecule has 3 aliphatic rings. The Morgan fingerprint density at radius 3 is 2.18 bits per heavy atom. The smallest absolute Gasteiger partial charge is 0.307 e. The number of anilines is 1. The molecule has 0 spiro atoms. The maximum atomic E-state index is 13.2. The molecule has 4 atom stereocenters. The number of carbonyl (C=O) groups excluding carboxylic acids is 2. The standard InChI is InChI=1S/C21H23NO6/c1-9(2)17-11-4-5-12(17)19(21(25)26)18(11)20(24)22-14-7-16-15(27-8-28-16)6-13(14)10(3)23/h6-7,11-12,18-19H,4-5,8H2,1-3H3,(H,22,24)(H,25,26)/t11-,12+,18+,19-/m0/s1. The van der Waals surface area contributed by atoms with Crippen molar-refractivity contribution in [2.24, 2.45) is 23.7 Å². The van der Waals surface area contributed by atoms with Crippen molar-refractivity contribution >= 4 is 23.3 Å². The van der Waals surface area contributed by atoms with Crippen LogP contribution in [0, 0.1) is 23.7 Å². The second kappa shape index (κ2) is 6.65. The molecule has 28 heavy (non-hydrogen) atoms. The zero-order valence-corrected chi connectivity index (χ0v) is 16.1. The highest BCUT2D eigenvalue weighted by Gasteiger charge is 2.57. The van der Waals surface area contributed by atoms with E-state index in [-0.39, 0.29) is 30.3 Å². The molecule has 2 N–H and O–H groups in total. The topological polar surface area (TPSA) is 102 Å². The summed E-state index contributed by atoms with van der Waals surface area (Å²) in [5, 5.41) is 12.6. The van der Waals surface area contributed by atoms with Crippen LogP contribution in [0.2, 0.25) is 0 Å². The zero-order chi connectivity index (χ0) is 20.2. The van der Waals surface area contributed by atoms with Crippen molar-refractivity contribution in [1.82, 2.24) is 0 Å². The molecule has 1 aromatic carbocycles. The normalized spacial score (nSPS) is 27.0. The van der Waals surface area contributed by atoms with Crippen LogP contribution in [0.5, 0.6) is 11.5 Å². The number of carboxylic acid groups (broad SMARTS) is 1. The third kappa shape index (κ3) is 2.77. The van der Waals surface area contributed by atoms with Gasteiger partial charge in [-0.1, -0.05) is 11.1 Å². The van der Waals surface area contributed by atoms with Crippen molar-refractivity contribution in [2.75, 3.05) is 12.1 Å². The number of nitrogens with one attached hydrogen (secondary N) is 1. The highest BCUT2D eigenvalue weighted by atomic mass is 16.7. The number of allylic oxidation sites excluding steroid dienone is 2. The minimum atomic E-state index is -0.941. The number of fused-ring (bicyclic) bond motifs is 3. The Morgan fingerprint density at radius 2 is 1.61 bits per heavy atom. The average molecular weight is 385 g/mol. The Bertz CT molecular complexity index is 914. The van der Waals surface area contributed by atoms with Gasteiger partial charge in [0.05, 0.1) is 17.5 Å². The first-order valence-corrected chi connectivity index (χ1v) is 9.45. The Hall–Kier alpha value is -2.83. The number of amides is 1. The molecule has 1 aromatic rings. The van der Waals surface area contributed by atoms with Gasteiger partial charge < -0.3 is 19.9 Å². The van der Waals surface area contributed by atoms with Gasteiger partial charge in [-0.3, -0.25) is 14.4 Å². The number of aliphatic carboxylic acids is 1. The van der Waals surface area contributed by atoms with Gasteiger partial charge in [-0.25, -0.2) is 0 Å². The van der Waals surface area contributed by atoms with Crippen molar-refractivity contribution in [3.05, 3.63) is 28.8 Å². The molecule has 0 aromatic heterocycles. The average Bonchev–Trinajstić information content (AvgIpc) is 3.32. The lowest BCUT2D eigenvalue weighted by Gasteiger charge is -2.26. The summed E-state index contributed by atoms with van der Waals surface area (Å²) >= 11 is 0. The van der Waals surface area contributed by atoms with E-state index < -0.39 is 17.8 Å². The molecular weight excluding hydrogens is 362 g/mol. The Kier molecular flexibility index (Phi) is 4.40. The van der Waals surface area contributed by atoms with Gasteiger partial charge >= 0.3 is 5.97 Å². The van der Waals surface area contributed by atoms with Crippen LogP contribution >= 0.6 is 0 Å². The van der Waals surface area contributed by atoms with Crippen LogP contribution in [0.1, 0.15) is 44.0 Å². The lowest BCUT2D eigenvalue weighted by molar-refractivity contribution is -0.148. The Balaban J connectivity index is 1.68. The highest BCUT2D eigenvalue weighted by molar-refractivity contribution is 6.06. The Morgan fingerprint density at radius 1 is 1.00 bits per heavy atom. The molecule has 148 valence electrons. The summed E-state index contributed by atoms with van der Waals surface area (Å²) in [6, 6.07) is 3.12. The largest absolute Gasteiger partial charge is 0.481 e. The predicted molar refractivity (Wildman–Crippen MR) is 100 cm³/mol. The Labute approximate surface area is 162 Å². The predicted octanol–water partition coefficient (Wildman–Crippen LogP) is 3.25. The number of carbonyl (C=O) groups is 3. The molecule has 2 fully saturated rings. The fourth-order valence-corrected chi connectivity index (χ4v) is 5.16. The monoisotopic (exact) mass is 385 g/mol.